The zero-order valence-electron chi connectivity index (χ0n) is 17.0. The molecule has 1 nitrogen and oxygen atoms in total. The van der Waals surface area contributed by atoms with Crippen LogP contribution in [0.15, 0.2) is 97.1 Å². The molecule has 0 aliphatic heterocycles. The highest BCUT2D eigenvalue weighted by molar-refractivity contribution is 7.25. The van der Waals surface area contributed by atoms with Gasteiger partial charge in [-0.2, -0.15) is 0 Å². The maximum Gasteiger partial charge on any atom is 0.190 e. The van der Waals surface area contributed by atoms with Crippen LogP contribution in [0.25, 0.3) is 58.0 Å². The summed E-state index contributed by atoms with van der Waals surface area (Å²) in [5.74, 6) is -0.373. The van der Waals surface area contributed by atoms with Crippen LogP contribution in [0, 0.1) is 12.4 Å². The number of rotatable bonds is 2. The highest BCUT2D eigenvalue weighted by Gasteiger charge is 2.14. The Bertz CT molecular complexity index is 1700. The SMILES string of the molecule is [C-]#[N+]c1ccc(-c2ccc(-c3ccc4sc5ccccc5c4c3)c3ccccc23)c(F)c1. The third-order valence-electron chi connectivity index (χ3n) is 5.98. The quantitative estimate of drug-likeness (QED) is 0.242. The lowest BCUT2D eigenvalue weighted by Gasteiger charge is -2.13. The normalized spacial score (nSPS) is 11.2. The van der Waals surface area contributed by atoms with Crippen LogP contribution >= 0.6 is 11.3 Å². The summed E-state index contributed by atoms with van der Waals surface area (Å²) in [7, 11) is 0. The Labute approximate surface area is 188 Å². The average Bonchev–Trinajstić information content (AvgIpc) is 3.21. The molecule has 0 aliphatic rings. The van der Waals surface area contributed by atoms with Crippen LogP contribution in [-0.4, -0.2) is 0 Å². The number of nitrogens with zero attached hydrogens (tertiary/aromatic N) is 1. The molecule has 32 heavy (non-hydrogen) atoms. The zero-order chi connectivity index (χ0) is 21.7. The van der Waals surface area contributed by atoms with Crippen LogP contribution in [0.3, 0.4) is 0 Å². The van der Waals surface area contributed by atoms with Gasteiger partial charge in [0.25, 0.3) is 0 Å². The van der Waals surface area contributed by atoms with Crippen molar-refractivity contribution in [2.24, 2.45) is 0 Å². The Morgan fingerprint density at radius 1 is 0.594 bits per heavy atom. The van der Waals surface area contributed by atoms with E-state index in [-0.39, 0.29) is 5.82 Å². The molecule has 0 saturated carbocycles. The maximum absolute atomic E-state index is 14.8. The monoisotopic (exact) mass is 429 g/mol. The lowest BCUT2D eigenvalue weighted by atomic mass is 9.91. The molecule has 0 atom stereocenters. The number of halogens is 1. The molecule has 0 aliphatic carbocycles. The predicted octanol–water partition coefficient (Wildman–Crippen LogP) is 9.23. The average molecular weight is 430 g/mol. The summed E-state index contributed by atoms with van der Waals surface area (Å²) in [5, 5.41) is 4.61. The molecule has 0 bridgehead atoms. The van der Waals surface area contributed by atoms with Gasteiger partial charge in [0.1, 0.15) is 5.82 Å². The van der Waals surface area contributed by atoms with Crippen molar-refractivity contribution in [1.29, 1.82) is 0 Å². The van der Waals surface area contributed by atoms with Gasteiger partial charge in [-0.05, 0) is 51.7 Å². The Hall–Kier alpha value is -4.00. The molecule has 0 amide bonds. The van der Waals surface area contributed by atoms with E-state index in [2.05, 4.69) is 59.4 Å². The van der Waals surface area contributed by atoms with Crippen LogP contribution in [-0.2, 0) is 0 Å². The zero-order valence-corrected chi connectivity index (χ0v) is 17.8. The molecular formula is C29H16FNS. The molecule has 0 unspecified atom stereocenters. The van der Waals surface area contributed by atoms with E-state index < -0.39 is 0 Å². The summed E-state index contributed by atoms with van der Waals surface area (Å²) < 4.78 is 17.4. The van der Waals surface area contributed by atoms with E-state index in [1.807, 2.05) is 35.6 Å². The molecule has 5 aromatic carbocycles. The van der Waals surface area contributed by atoms with Gasteiger partial charge in [0.2, 0.25) is 0 Å². The summed E-state index contributed by atoms with van der Waals surface area (Å²) in [4.78, 5) is 3.34. The molecule has 0 saturated heterocycles. The second kappa shape index (κ2) is 7.30. The lowest BCUT2D eigenvalue weighted by Crippen LogP contribution is -1.88. The Balaban J connectivity index is 1.58. The van der Waals surface area contributed by atoms with E-state index in [1.165, 1.54) is 26.2 Å². The van der Waals surface area contributed by atoms with Crippen LogP contribution in [0.1, 0.15) is 0 Å². The minimum atomic E-state index is -0.373. The van der Waals surface area contributed by atoms with E-state index >= 15 is 0 Å². The highest BCUT2D eigenvalue weighted by Crippen LogP contribution is 2.40. The minimum Gasteiger partial charge on any atom is -0.238 e. The molecule has 6 rings (SSSR count). The van der Waals surface area contributed by atoms with Crippen LogP contribution in [0.2, 0.25) is 0 Å². The number of benzene rings is 5. The second-order valence-electron chi connectivity index (χ2n) is 7.79. The van der Waals surface area contributed by atoms with E-state index in [0.29, 0.717) is 11.3 Å². The molecule has 1 heterocycles. The molecule has 6 aromatic rings. The first-order valence-corrected chi connectivity index (χ1v) is 11.2. The molecular weight excluding hydrogens is 413 g/mol. The fourth-order valence-electron chi connectivity index (χ4n) is 4.47. The highest BCUT2D eigenvalue weighted by atomic mass is 32.1. The molecule has 0 radical (unpaired) electrons. The summed E-state index contributed by atoms with van der Waals surface area (Å²) in [5.41, 5.74) is 3.93. The number of thiophene rings is 1. The third-order valence-corrected chi connectivity index (χ3v) is 7.14. The smallest absolute Gasteiger partial charge is 0.190 e. The number of hydrogen-bond acceptors (Lipinski definition) is 1. The van der Waals surface area contributed by atoms with Gasteiger partial charge in [0.05, 0.1) is 6.57 Å². The van der Waals surface area contributed by atoms with E-state index in [9.17, 15) is 4.39 Å². The molecule has 1 aromatic heterocycles. The van der Waals surface area contributed by atoms with Crippen molar-refractivity contribution < 1.29 is 4.39 Å². The van der Waals surface area contributed by atoms with Crippen molar-refractivity contribution in [3.8, 4) is 22.3 Å². The van der Waals surface area contributed by atoms with Crippen molar-refractivity contribution in [3.05, 3.63) is 114 Å². The Morgan fingerprint density at radius 2 is 1.25 bits per heavy atom. The molecule has 0 N–H and O–H groups in total. The van der Waals surface area contributed by atoms with Crippen LogP contribution in [0.4, 0.5) is 10.1 Å². The first-order chi connectivity index (χ1) is 15.7. The second-order valence-corrected chi connectivity index (χ2v) is 8.88. The topological polar surface area (TPSA) is 4.36 Å². The van der Waals surface area contributed by atoms with Gasteiger partial charge < -0.3 is 0 Å². The van der Waals surface area contributed by atoms with Crippen LogP contribution in [0.5, 0.6) is 0 Å². The first kappa shape index (κ1) is 18.7. The van der Waals surface area contributed by atoms with Gasteiger partial charge in [-0.3, -0.25) is 0 Å². The fraction of sp³-hybridized carbons (Fsp3) is 0. The Morgan fingerprint density at radius 3 is 2.03 bits per heavy atom. The third kappa shape index (κ3) is 2.89. The standard InChI is InChI=1S/C29H16FNS/c1-31-19-11-12-24(27(30)17-19)23-14-13-20(21-6-2-3-7-22(21)23)18-10-15-29-26(16-18)25-8-4-5-9-28(25)32-29/h2-17H. The summed E-state index contributed by atoms with van der Waals surface area (Å²) in [6.07, 6.45) is 0. The van der Waals surface area contributed by atoms with E-state index in [1.54, 1.807) is 12.1 Å². The molecule has 3 heteroatoms. The fourth-order valence-corrected chi connectivity index (χ4v) is 5.56. The van der Waals surface area contributed by atoms with E-state index in [0.717, 1.165) is 27.5 Å². The van der Waals surface area contributed by atoms with E-state index in [4.69, 9.17) is 6.57 Å². The summed E-state index contributed by atoms with van der Waals surface area (Å²) in [6, 6.07) is 32.0. The van der Waals surface area contributed by atoms with Crippen molar-refractivity contribution in [3.63, 3.8) is 0 Å². The van der Waals surface area contributed by atoms with Gasteiger partial charge in [-0.25, -0.2) is 9.24 Å². The van der Waals surface area contributed by atoms with Crippen LogP contribution < -0.4 is 0 Å². The van der Waals surface area contributed by atoms with Crippen molar-refractivity contribution in [2.75, 3.05) is 0 Å². The summed E-state index contributed by atoms with van der Waals surface area (Å²) >= 11 is 1.81. The summed E-state index contributed by atoms with van der Waals surface area (Å²) in [6.45, 7) is 7.13. The first-order valence-electron chi connectivity index (χ1n) is 10.3. The van der Waals surface area contributed by atoms with Gasteiger partial charge in [-0.1, -0.05) is 72.8 Å². The van der Waals surface area contributed by atoms with Crippen molar-refractivity contribution in [2.45, 2.75) is 0 Å². The molecule has 0 spiro atoms. The van der Waals surface area contributed by atoms with Gasteiger partial charge in [0, 0.05) is 25.7 Å². The van der Waals surface area contributed by atoms with Gasteiger partial charge in [0.15, 0.2) is 5.69 Å². The van der Waals surface area contributed by atoms with Gasteiger partial charge >= 0.3 is 0 Å². The van der Waals surface area contributed by atoms with Gasteiger partial charge in [-0.15, -0.1) is 11.3 Å². The molecule has 0 fully saturated rings. The minimum absolute atomic E-state index is 0.309. The van der Waals surface area contributed by atoms with Crippen molar-refractivity contribution in [1.82, 2.24) is 0 Å². The van der Waals surface area contributed by atoms with Crippen molar-refractivity contribution >= 4 is 48.0 Å². The maximum atomic E-state index is 14.8. The largest absolute Gasteiger partial charge is 0.238 e. The lowest BCUT2D eigenvalue weighted by molar-refractivity contribution is 0.632. The number of hydrogen-bond donors (Lipinski definition) is 0. The molecule has 150 valence electrons. The Kier molecular flexibility index (Phi) is 4.28. The number of fused-ring (bicyclic) bond motifs is 4. The predicted molar refractivity (Wildman–Crippen MR) is 134 cm³/mol.